The number of carboxylic acids is 1. The van der Waals surface area contributed by atoms with Crippen LogP contribution in [-0.2, 0) is 24.6 Å². The van der Waals surface area contributed by atoms with Gasteiger partial charge in [0.15, 0.2) is 5.54 Å². The maximum atomic E-state index is 13.7. The number of hydrogen-bond acceptors (Lipinski definition) is 7. The molecule has 1 N–H and O–H groups in total. The van der Waals surface area contributed by atoms with Crippen molar-refractivity contribution in [3.8, 4) is 5.75 Å². The topological polar surface area (TPSA) is 124 Å². The smallest absolute Gasteiger partial charge is 0.430 e. The van der Waals surface area contributed by atoms with Gasteiger partial charge in [0.05, 0.1) is 17.6 Å². The van der Waals surface area contributed by atoms with Gasteiger partial charge in [0.25, 0.3) is 6.79 Å². The number of hydrazine groups is 1. The number of halogens is 4. The summed E-state index contributed by atoms with van der Waals surface area (Å²) in [5.74, 6) is -2.86. The van der Waals surface area contributed by atoms with Crippen LogP contribution in [0.5, 0.6) is 5.75 Å². The fourth-order valence-corrected chi connectivity index (χ4v) is 3.30. The van der Waals surface area contributed by atoms with Crippen LogP contribution < -0.4 is 4.74 Å². The number of likely N-dealkylation sites (N-methyl/N-ethyl adjacent to an activating group) is 1. The second-order valence-electron chi connectivity index (χ2n) is 9.16. The van der Waals surface area contributed by atoms with Crippen LogP contribution in [0.15, 0.2) is 23.0 Å². The highest BCUT2D eigenvalue weighted by Gasteiger charge is 2.49. The molecule has 1 heterocycles. The Balaban J connectivity index is 2.22. The van der Waals surface area contributed by atoms with Gasteiger partial charge in [-0.25, -0.2) is 9.59 Å². The first-order valence-corrected chi connectivity index (χ1v) is 10.5. The van der Waals surface area contributed by atoms with Crippen LogP contribution >= 0.6 is 11.6 Å². The lowest BCUT2D eigenvalue weighted by Gasteiger charge is -2.30. The first-order valence-electron chi connectivity index (χ1n) is 10.1. The molecule has 194 valence electrons. The van der Waals surface area contributed by atoms with Crippen molar-refractivity contribution >= 4 is 29.6 Å². The molecule has 10 nitrogen and oxygen atoms in total. The standard InChI is InChI=1S/C21H25ClF3N3O7/c1-19(2,3)13-9-15-11(8-14(13)22)7-12(16(35-15)21(23,24)25)17(29)33-10-34-26-28(32)27(6)20(4,5)18(30)31/h7-9,16H,10H2,1-6H3,(H,30,31)/b28-26+/t16-/m0/s1. The van der Waals surface area contributed by atoms with Crippen LogP contribution in [0, 0.1) is 5.21 Å². The van der Waals surface area contributed by atoms with Crippen molar-refractivity contribution in [2.45, 2.75) is 57.9 Å². The van der Waals surface area contributed by atoms with Gasteiger partial charge in [0.2, 0.25) is 11.4 Å². The lowest BCUT2D eigenvalue weighted by Crippen LogP contribution is -2.50. The van der Waals surface area contributed by atoms with E-state index in [1.165, 1.54) is 26.0 Å². The maximum Gasteiger partial charge on any atom is 0.430 e. The highest BCUT2D eigenvalue weighted by Crippen LogP contribution is 2.42. The third-order valence-electron chi connectivity index (χ3n) is 5.24. The van der Waals surface area contributed by atoms with Crippen LogP contribution in [-0.4, -0.2) is 58.7 Å². The van der Waals surface area contributed by atoms with Gasteiger partial charge in [0, 0.05) is 10.6 Å². The van der Waals surface area contributed by atoms with E-state index in [0.29, 0.717) is 10.6 Å². The lowest BCUT2D eigenvalue weighted by molar-refractivity contribution is -0.718. The van der Waals surface area contributed by atoms with Crippen molar-refractivity contribution in [3.05, 3.63) is 39.1 Å². The molecule has 1 aromatic rings. The predicted octanol–water partition coefficient (Wildman–Crippen LogP) is 4.45. The number of rotatable bonds is 7. The van der Waals surface area contributed by atoms with Gasteiger partial charge < -0.3 is 24.6 Å². The first-order chi connectivity index (χ1) is 15.9. The highest BCUT2D eigenvalue weighted by molar-refractivity contribution is 6.31. The molecule has 1 aromatic carbocycles. The molecule has 1 atom stereocenters. The zero-order valence-electron chi connectivity index (χ0n) is 19.8. The number of carbonyl (C=O) groups is 2. The van der Waals surface area contributed by atoms with Crippen molar-refractivity contribution < 1.29 is 47.1 Å². The zero-order valence-corrected chi connectivity index (χ0v) is 20.5. The molecule has 0 spiro atoms. The molecule has 1 aliphatic rings. The van der Waals surface area contributed by atoms with Crippen LogP contribution in [0.1, 0.15) is 45.7 Å². The second kappa shape index (κ2) is 9.80. The molecule has 0 unspecified atom stereocenters. The summed E-state index contributed by atoms with van der Waals surface area (Å²) < 4.78 is 50.8. The van der Waals surface area contributed by atoms with Crippen molar-refractivity contribution in [1.82, 2.24) is 5.01 Å². The first kappa shape index (κ1) is 28.0. The molecule has 0 amide bonds. The second-order valence-corrected chi connectivity index (χ2v) is 9.57. The summed E-state index contributed by atoms with van der Waals surface area (Å²) in [6, 6.07) is 2.79. The molecule has 2 rings (SSSR count). The van der Waals surface area contributed by atoms with Gasteiger partial charge in [-0.05, 0) is 43.0 Å². The fraction of sp³-hybridized carbons (Fsp3) is 0.524. The van der Waals surface area contributed by atoms with E-state index in [0.717, 1.165) is 13.1 Å². The maximum absolute atomic E-state index is 13.7. The molecular weight excluding hydrogens is 499 g/mol. The van der Waals surface area contributed by atoms with E-state index >= 15 is 0 Å². The van der Waals surface area contributed by atoms with Gasteiger partial charge in [-0.2, -0.15) is 13.2 Å². The SMILES string of the molecule is CN(/[N+]([O-])=N\OCOC(=O)C1=Cc2cc(Cl)c(C(C)(C)C)cc2O[C@@H]1C(F)(F)F)C(C)(C)C(=O)O. The summed E-state index contributed by atoms with van der Waals surface area (Å²) >= 11 is 6.28. The van der Waals surface area contributed by atoms with Crippen LogP contribution in [0.3, 0.4) is 0 Å². The molecule has 0 aliphatic carbocycles. The van der Waals surface area contributed by atoms with E-state index in [-0.39, 0.29) is 21.3 Å². The number of carboxylic acid groups (broad SMARTS) is 1. The number of ether oxygens (including phenoxy) is 2. The van der Waals surface area contributed by atoms with Crippen LogP contribution in [0.25, 0.3) is 6.08 Å². The van der Waals surface area contributed by atoms with E-state index in [4.69, 9.17) is 21.4 Å². The molecule has 35 heavy (non-hydrogen) atoms. The minimum Gasteiger partial charge on any atom is -0.569 e. The molecule has 0 fully saturated rings. The van der Waals surface area contributed by atoms with E-state index in [1.807, 2.05) is 20.8 Å². The van der Waals surface area contributed by atoms with Crippen LogP contribution in [0.2, 0.25) is 5.02 Å². The number of aliphatic carboxylic acids is 1. The number of benzene rings is 1. The number of nitrogens with zero attached hydrogens (tertiary/aromatic N) is 3. The van der Waals surface area contributed by atoms with E-state index in [1.54, 1.807) is 0 Å². The van der Waals surface area contributed by atoms with Crippen molar-refractivity contribution in [2.75, 3.05) is 13.8 Å². The lowest BCUT2D eigenvalue weighted by atomic mass is 9.85. The highest BCUT2D eigenvalue weighted by atomic mass is 35.5. The third kappa shape index (κ3) is 6.27. The Morgan fingerprint density at radius 3 is 2.37 bits per heavy atom. The largest absolute Gasteiger partial charge is 0.569 e. The summed E-state index contributed by atoms with van der Waals surface area (Å²) in [6.45, 7) is 6.90. The molecule has 1 aliphatic heterocycles. The Bertz CT molecular complexity index is 1070. The average molecular weight is 524 g/mol. The van der Waals surface area contributed by atoms with Crippen molar-refractivity contribution in [1.29, 1.82) is 0 Å². The summed E-state index contributed by atoms with van der Waals surface area (Å²) in [6.07, 6.45) is -6.61. The monoisotopic (exact) mass is 523 g/mol. The van der Waals surface area contributed by atoms with Crippen molar-refractivity contribution in [3.63, 3.8) is 0 Å². The predicted molar refractivity (Wildman–Crippen MR) is 116 cm³/mol. The summed E-state index contributed by atoms with van der Waals surface area (Å²) in [5.41, 5.74) is -2.29. The van der Waals surface area contributed by atoms with Gasteiger partial charge >= 0.3 is 18.1 Å². The van der Waals surface area contributed by atoms with E-state index < -0.39 is 47.5 Å². The number of carbonyl (C=O) groups excluding carboxylic acids is 1. The zero-order chi connectivity index (χ0) is 26.9. The van der Waals surface area contributed by atoms with Gasteiger partial charge in [-0.3, -0.25) is 0 Å². The molecule has 0 saturated carbocycles. The Morgan fingerprint density at radius 1 is 1.26 bits per heavy atom. The molecular formula is C21H25ClF3N3O7. The summed E-state index contributed by atoms with van der Waals surface area (Å²) in [7, 11) is 1.12. The normalized spacial score (nSPS) is 16.6. The molecule has 14 heteroatoms. The summed E-state index contributed by atoms with van der Waals surface area (Å²) in [5, 5.41) is 24.9. The molecule has 0 saturated heterocycles. The molecule has 0 aromatic heterocycles. The van der Waals surface area contributed by atoms with Crippen LogP contribution in [0.4, 0.5) is 13.2 Å². The number of esters is 1. The van der Waals surface area contributed by atoms with Gasteiger partial charge in [-0.15, -0.1) is 5.01 Å². The van der Waals surface area contributed by atoms with Gasteiger partial charge in [-0.1, -0.05) is 32.4 Å². The Hall–Kier alpha value is -3.22. The summed E-state index contributed by atoms with van der Waals surface area (Å²) in [4.78, 5) is 27.9. The van der Waals surface area contributed by atoms with Gasteiger partial charge in [0.1, 0.15) is 5.75 Å². The minimum absolute atomic E-state index is 0.101. The number of hydrogen-bond donors (Lipinski definition) is 1. The number of alkyl halides is 3. The molecule has 0 bridgehead atoms. The Morgan fingerprint density at radius 2 is 1.86 bits per heavy atom. The van der Waals surface area contributed by atoms with Crippen molar-refractivity contribution in [2.24, 2.45) is 5.28 Å². The Labute approximate surface area is 204 Å². The molecule has 0 radical (unpaired) electrons. The number of fused-ring (bicyclic) bond motifs is 1. The fourth-order valence-electron chi connectivity index (χ4n) is 2.84. The minimum atomic E-state index is -4.95. The Kier molecular flexibility index (Phi) is 7.84. The third-order valence-corrected chi connectivity index (χ3v) is 5.55. The van der Waals surface area contributed by atoms with E-state index in [9.17, 15) is 28.0 Å². The average Bonchev–Trinajstić information content (AvgIpc) is 2.72. The van der Waals surface area contributed by atoms with E-state index in [2.05, 4.69) is 14.9 Å². The quantitative estimate of drug-likeness (QED) is 0.139.